The Kier molecular flexibility index (Phi) is 3.87. The maximum atomic E-state index is 11.5. The molecule has 1 heterocycles. The van der Waals surface area contributed by atoms with Gasteiger partial charge in [-0.1, -0.05) is 19.3 Å². The first kappa shape index (κ1) is 14.2. The Hall–Kier alpha value is -2.18. The highest BCUT2D eigenvalue weighted by molar-refractivity contribution is 5.82. The summed E-state index contributed by atoms with van der Waals surface area (Å²) in [5.41, 5.74) is -0.610. The van der Waals surface area contributed by atoms with Crippen molar-refractivity contribution in [1.82, 2.24) is 4.98 Å². The van der Waals surface area contributed by atoms with Crippen molar-refractivity contribution in [3.63, 3.8) is 0 Å². The number of nitrogens with zero attached hydrogens (tertiary/aromatic N) is 2. The number of nitro groups is 1. The third kappa shape index (κ3) is 2.71. The second-order valence-corrected chi connectivity index (χ2v) is 5.19. The van der Waals surface area contributed by atoms with E-state index in [2.05, 4.69) is 10.3 Å². The van der Waals surface area contributed by atoms with Crippen molar-refractivity contribution in [2.45, 2.75) is 44.6 Å². The van der Waals surface area contributed by atoms with Crippen LogP contribution in [-0.2, 0) is 4.79 Å². The Morgan fingerprint density at radius 3 is 2.60 bits per heavy atom. The minimum absolute atomic E-state index is 0.0661. The number of carboxylic acid groups (broad SMARTS) is 1. The molecule has 1 aromatic rings. The number of hydrogen-bond donors (Lipinski definition) is 2. The lowest BCUT2D eigenvalue weighted by molar-refractivity contribution is -0.385. The van der Waals surface area contributed by atoms with E-state index in [4.69, 9.17) is 0 Å². The van der Waals surface area contributed by atoms with E-state index in [9.17, 15) is 20.0 Å². The summed E-state index contributed by atoms with van der Waals surface area (Å²) in [4.78, 5) is 25.8. The monoisotopic (exact) mass is 279 g/mol. The van der Waals surface area contributed by atoms with Crippen LogP contribution in [-0.4, -0.2) is 26.5 Å². The first-order valence-corrected chi connectivity index (χ1v) is 6.57. The van der Waals surface area contributed by atoms with Gasteiger partial charge in [0.2, 0.25) is 0 Å². The van der Waals surface area contributed by atoms with Crippen LogP contribution in [0.2, 0.25) is 0 Å². The summed E-state index contributed by atoms with van der Waals surface area (Å²) in [6.45, 7) is 1.61. The van der Waals surface area contributed by atoms with E-state index in [0.717, 1.165) is 25.5 Å². The van der Waals surface area contributed by atoms with Gasteiger partial charge >= 0.3 is 5.97 Å². The molecule has 0 atom stereocenters. The zero-order valence-corrected chi connectivity index (χ0v) is 11.3. The third-order valence-corrected chi connectivity index (χ3v) is 3.76. The summed E-state index contributed by atoms with van der Waals surface area (Å²) in [5.74, 6) is -0.521. The van der Waals surface area contributed by atoms with Crippen molar-refractivity contribution in [2.75, 3.05) is 5.32 Å². The molecule has 1 aromatic heterocycles. The van der Waals surface area contributed by atoms with Crippen molar-refractivity contribution in [3.8, 4) is 0 Å². The molecule has 1 fully saturated rings. The van der Waals surface area contributed by atoms with Gasteiger partial charge < -0.3 is 10.4 Å². The Morgan fingerprint density at radius 1 is 1.45 bits per heavy atom. The Bertz CT molecular complexity index is 538. The SMILES string of the molecule is Cc1cc(NC2(C(=O)O)CCCCC2)ncc1[N+](=O)[O-]. The van der Waals surface area contributed by atoms with E-state index < -0.39 is 16.4 Å². The van der Waals surface area contributed by atoms with Crippen molar-refractivity contribution in [3.05, 3.63) is 27.9 Å². The van der Waals surface area contributed by atoms with Crippen LogP contribution in [0.15, 0.2) is 12.3 Å². The molecule has 7 nitrogen and oxygen atoms in total. The lowest BCUT2D eigenvalue weighted by Crippen LogP contribution is -2.48. The smallest absolute Gasteiger partial charge is 0.329 e. The molecule has 0 unspecified atom stereocenters. The predicted molar refractivity (Wildman–Crippen MR) is 72.7 cm³/mol. The molecule has 2 rings (SSSR count). The fraction of sp³-hybridized carbons (Fsp3) is 0.538. The first-order valence-electron chi connectivity index (χ1n) is 6.57. The molecule has 7 heteroatoms. The average Bonchev–Trinajstić information content (AvgIpc) is 2.39. The quantitative estimate of drug-likeness (QED) is 0.648. The van der Waals surface area contributed by atoms with Crippen LogP contribution in [0.1, 0.15) is 37.7 Å². The highest BCUT2D eigenvalue weighted by atomic mass is 16.6. The number of carbonyl (C=O) groups is 1. The van der Waals surface area contributed by atoms with Gasteiger partial charge in [-0.3, -0.25) is 10.1 Å². The standard InChI is InChI=1S/C13H17N3O4/c1-9-7-11(14-8-10(9)16(19)20)15-13(12(17)18)5-3-2-4-6-13/h7-8H,2-6H2,1H3,(H,14,15)(H,17,18). The molecule has 0 aromatic carbocycles. The molecular formula is C13H17N3O4. The summed E-state index contributed by atoms with van der Waals surface area (Å²) in [7, 11) is 0. The number of aliphatic carboxylic acids is 1. The van der Waals surface area contributed by atoms with Crippen LogP contribution >= 0.6 is 0 Å². The van der Waals surface area contributed by atoms with E-state index in [1.54, 1.807) is 6.92 Å². The molecule has 0 spiro atoms. The molecule has 0 aliphatic heterocycles. The zero-order chi connectivity index (χ0) is 14.8. The van der Waals surface area contributed by atoms with Gasteiger partial charge in [0.25, 0.3) is 5.69 Å². The van der Waals surface area contributed by atoms with Gasteiger partial charge in [-0.05, 0) is 25.8 Å². The van der Waals surface area contributed by atoms with Crippen LogP contribution in [0, 0.1) is 17.0 Å². The van der Waals surface area contributed by atoms with E-state index in [-0.39, 0.29) is 5.69 Å². The predicted octanol–water partition coefficient (Wildman–Crippen LogP) is 2.50. The lowest BCUT2D eigenvalue weighted by Gasteiger charge is -2.34. The molecule has 108 valence electrons. The molecule has 0 bridgehead atoms. The second kappa shape index (κ2) is 5.44. The number of aromatic nitrogens is 1. The number of rotatable bonds is 4. The molecular weight excluding hydrogens is 262 g/mol. The number of pyridine rings is 1. The maximum Gasteiger partial charge on any atom is 0.329 e. The molecule has 1 aliphatic carbocycles. The third-order valence-electron chi connectivity index (χ3n) is 3.76. The van der Waals surface area contributed by atoms with Gasteiger partial charge in [0.05, 0.1) is 4.92 Å². The van der Waals surface area contributed by atoms with Crippen LogP contribution in [0.5, 0.6) is 0 Å². The minimum atomic E-state index is -1.01. The normalized spacial score (nSPS) is 17.4. The Morgan fingerprint density at radius 2 is 2.10 bits per heavy atom. The van der Waals surface area contributed by atoms with E-state index >= 15 is 0 Å². The van der Waals surface area contributed by atoms with Crippen molar-refractivity contribution < 1.29 is 14.8 Å². The summed E-state index contributed by atoms with van der Waals surface area (Å²) in [5, 5.41) is 23.2. The molecule has 1 saturated carbocycles. The number of aryl methyl sites for hydroxylation is 1. The van der Waals surface area contributed by atoms with Gasteiger partial charge in [0.15, 0.2) is 0 Å². The molecule has 0 radical (unpaired) electrons. The van der Waals surface area contributed by atoms with Gasteiger partial charge in [0, 0.05) is 5.56 Å². The molecule has 0 saturated heterocycles. The fourth-order valence-corrected chi connectivity index (χ4v) is 2.60. The van der Waals surface area contributed by atoms with Crippen LogP contribution in [0.4, 0.5) is 11.5 Å². The van der Waals surface area contributed by atoms with Gasteiger partial charge in [0.1, 0.15) is 17.6 Å². The second-order valence-electron chi connectivity index (χ2n) is 5.19. The summed E-state index contributed by atoms with van der Waals surface area (Å²) >= 11 is 0. The lowest BCUT2D eigenvalue weighted by atomic mass is 9.81. The van der Waals surface area contributed by atoms with E-state index in [1.807, 2.05) is 0 Å². The minimum Gasteiger partial charge on any atom is -0.480 e. The largest absolute Gasteiger partial charge is 0.480 e. The topological polar surface area (TPSA) is 105 Å². The summed E-state index contributed by atoms with van der Waals surface area (Å²) in [6.07, 6.45) is 4.98. The van der Waals surface area contributed by atoms with Crippen molar-refractivity contribution >= 4 is 17.5 Å². The van der Waals surface area contributed by atoms with Crippen molar-refractivity contribution in [2.24, 2.45) is 0 Å². The zero-order valence-electron chi connectivity index (χ0n) is 11.3. The van der Waals surface area contributed by atoms with Gasteiger partial charge in [-0.2, -0.15) is 0 Å². The Labute approximate surface area is 116 Å². The van der Waals surface area contributed by atoms with Crippen LogP contribution in [0.25, 0.3) is 0 Å². The first-order chi connectivity index (χ1) is 9.44. The number of anilines is 1. The molecule has 0 amide bonds. The summed E-state index contributed by atoms with van der Waals surface area (Å²) in [6, 6.07) is 1.53. The van der Waals surface area contributed by atoms with E-state index in [0.29, 0.717) is 24.2 Å². The van der Waals surface area contributed by atoms with Crippen molar-refractivity contribution in [1.29, 1.82) is 0 Å². The van der Waals surface area contributed by atoms with Gasteiger partial charge in [-0.15, -0.1) is 0 Å². The molecule has 1 aliphatic rings. The number of hydrogen-bond acceptors (Lipinski definition) is 5. The van der Waals surface area contributed by atoms with Crippen LogP contribution in [0.3, 0.4) is 0 Å². The number of carboxylic acids is 1. The highest BCUT2D eigenvalue weighted by Crippen LogP contribution is 2.32. The summed E-state index contributed by atoms with van der Waals surface area (Å²) < 4.78 is 0. The maximum absolute atomic E-state index is 11.5. The molecule has 2 N–H and O–H groups in total. The van der Waals surface area contributed by atoms with Crippen LogP contribution < -0.4 is 5.32 Å². The van der Waals surface area contributed by atoms with Gasteiger partial charge in [-0.25, -0.2) is 9.78 Å². The average molecular weight is 279 g/mol. The number of nitrogens with one attached hydrogen (secondary N) is 1. The van der Waals surface area contributed by atoms with E-state index in [1.165, 1.54) is 6.07 Å². The Balaban J connectivity index is 2.25. The molecule has 20 heavy (non-hydrogen) atoms. The highest BCUT2D eigenvalue weighted by Gasteiger charge is 2.40. The fourth-order valence-electron chi connectivity index (χ4n) is 2.60.